The predicted molar refractivity (Wildman–Crippen MR) is 48.6 cm³/mol. The molecule has 1 saturated heterocycles. The molecule has 4 nitrogen and oxygen atoms in total. The number of rotatable bonds is 2. The molecule has 1 fully saturated rings. The largest absolute Gasteiger partial charge is 0.444 e. The SMILES string of the molecule is CC(C)(C)OC(=O)NCC1(C)CO1. The van der Waals surface area contributed by atoms with Gasteiger partial charge in [0, 0.05) is 0 Å². The van der Waals surface area contributed by atoms with Crippen molar-refractivity contribution in [2.75, 3.05) is 13.2 Å². The van der Waals surface area contributed by atoms with E-state index in [0.717, 1.165) is 0 Å². The number of carbonyl (C=O) groups excluding carboxylic acids is 1. The summed E-state index contributed by atoms with van der Waals surface area (Å²) >= 11 is 0. The zero-order valence-electron chi connectivity index (χ0n) is 8.64. The summed E-state index contributed by atoms with van der Waals surface area (Å²) in [6.45, 7) is 8.68. The minimum atomic E-state index is -0.435. The molecule has 4 heteroatoms. The Kier molecular flexibility index (Phi) is 2.52. The predicted octanol–water partition coefficient (Wildman–Crippen LogP) is 1.30. The summed E-state index contributed by atoms with van der Waals surface area (Å²) in [7, 11) is 0. The van der Waals surface area contributed by atoms with Crippen LogP contribution in [0.25, 0.3) is 0 Å². The number of nitrogens with one attached hydrogen (secondary N) is 1. The molecular weight excluding hydrogens is 170 g/mol. The first-order valence-corrected chi connectivity index (χ1v) is 4.42. The smallest absolute Gasteiger partial charge is 0.407 e. The highest BCUT2D eigenvalue weighted by atomic mass is 16.6. The van der Waals surface area contributed by atoms with Crippen molar-refractivity contribution in [2.24, 2.45) is 0 Å². The number of epoxide rings is 1. The van der Waals surface area contributed by atoms with E-state index in [1.54, 1.807) is 0 Å². The maximum atomic E-state index is 11.1. The molecule has 13 heavy (non-hydrogen) atoms. The van der Waals surface area contributed by atoms with Crippen LogP contribution in [0.4, 0.5) is 4.79 Å². The van der Waals surface area contributed by atoms with E-state index in [2.05, 4.69) is 5.32 Å². The van der Waals surface area contributed by atoms with Crippen LogP contribution in [0.15, 0.2) is 0 Å². The van der Waals surface area contributed by atoms with Gasteiger partial charge in [-0.3, -0.25) is 0 Å². The minimum Gasteiger partial charge on any atom is -0.444 e. The van der Waals surface area contributed by atoms with Crippen LogP contribution >= 0.6 is 0 Å². The molecule has 0 aromatic carbocycles. The highest BCUT2D eigenvalue weighted by molar-refractivity contribution is 5.67. The fourth-order valence-electron chi connectivity index (χ4n) is 0.799. The molecule has 0 aromatic heterocycles. The highest BCUT2D eigenvalue weighted by Gasteiger charge is 2.39. The first-order chi connectivity index (χ1) is 5.81. The Balaban J connectivity index is 2.18. The second-order valence-electron chi connectivity index (χ2n) is 4.59. The third-order valence-electron chi connectivity index (χ3n) is 1.64. The first kappa shape index (κ1) is 10.3. The maximum absolute atomic E-state index is 11.1. The number of hydrogen-bond acceptors (Lipinski definition) is 3. The van der Waals surface area contributed by atoms with Gasteiger partial charge in [0.2, 0.25) is 0 Å². The van der Waals surface area contributed by atoms with Crippen LogP contribution in [0.5, 0.6) is 0 Å². The van der Waals surface area contributed by atoms with E-state index in [4.69, 9.17) is 9.47 Å². The molecule has 0 spiro atoms. The van der Waals surface area contributed by atoms with Crippen molar-refractivity contribution in [3.63, 3.8) is 0 Å². The molecule has 1 N–H and O–H groups in total. The normalized spacial score (nSPS) is 26.8. The van der Waals surface area contributed by atoms with E-state index in [1.165, 1.54) is 0 Å². The van der Waals surface area contributed by atoms with Crippen molar-refractivity contribution in [3.05, 3.63) is 0 Å². The van der Waals surface area contributed by atoms with Gasteiger partial charge in [-0.05, 0) is 27.7 Å². The third-order valence-corrected chi connectivity index (χ3v) is 1.64. The molecule has 1 rings (SSSR count). The van der Waals surface area contributed by atoms with Crippen LogP contribution in [0.3, 0.4) is 0 Å². The van der Waals surface area contributed by atoms with Crippen LogP contribution < -0.4 is 5.32 Å². The van der Waals surface area contributed by atoms with Crippen molar-refractivity contribution in [2.45, 2.75) is 38.9 Å². The Labute approximate surface area is 78.6 Å². The molecule has 0 aliphatic carbocycles. The zero-order valence-corrected chi connectivity index (χ0v) is 8.64. The van der Waals surface area contributed by atoms with Crippen molar-refractivity contribution in [1.82, 2.24) is 5.32 Å². The molecule has 0 saturated carbocycles. The van der Waals surface area contributed by atoms with Crippen LogP contribution in [0.1, 0.15) is 27.7 Å². The van der Waals surface area contributed by atoms with Crippen molar-refractivity contribution < 1.29 is 14.3 Å². The zero-order chi connectivity index (χ0) is 10.1. The molecular formula is C9H17NO3. The molecule has 76 valence electrons. The van der Waals surface area contributed by atoms with Gasteiger partial charge < -0.3 is 14.8 Å². The van der Waals surface area contributed by atoms with E-state index >= 15 is 0 Å². The summed E-state index contributed by atoms with van der Waals surface area (Å²) in [5, 5.41) is 2.66. The highest BCUT2D eigenvalue weighted by Crippen LogP contribution is 2.24. The lowest BCUT2D eigenvalue weighted by molar-refractivity contribution is 0.0515. The lowest BCUT2D eigenvalue weighted by atomic mass is 10.2. The Morgan fingerprint density at radius 1 is 1.62 bits per heavy atom. The minimum absolute atomic E-state index is 0.156. The molecule has 1 aliphatic rings. The molecule has 0 aromatic rings. The second kappa shape index (κ2) is 3.18. The average Bonchev–Trinajstić information content (AvgIpc) is 2.62. The number of ether oxygens (including phenoxy) is 2. The number of alkyl carbamates (subject to hydrolysis) is 1. The summed E-state index contributed by atoms with van der Waals surface area (Å²) in [4.78, 5) is 11.1. The summed E-state index contributed by atoms with van der Waals surface area (Å²) < 4.78 is 10.2. The van der Waals surface area contributed by atoms with Gasteiger partial charge in [0.05, 0.1) is 13.2 Å². The molecule has 1 heterocycles. The monoisotopic (exact) mass is 187 g/mol. The fraction of sp³-hybridized carbons (Fsp3) is 0.889. The Morgan fingerprint density at radius 2 is 2.15 bits per heavy atom. The number of hydrogen-bond donors (Lipinski definition) is 1. The molecule has 1 unspecified atom stereocenters. The lowest BCUT2D eigenvalue weighted by Crippen LogP contribution is -2.37. The number of carbonyl (C=O) groups is 1. The van der Waals surface area contributed by atoms with Crippen molar-refractivity contribution in [1.29, 1.82) is 0 Å². The van der Waals surface area contributed by atoms with Gasteiger partial charge in [-0.15, -0.1) is 0 Å². The van der Waals surface area contributed by atoms with E-state index in [1.807, 2.05) is 27.7 Å². The summed E-state index contributed by atoms with van der Waals surface area (Å²) in [5.74, 6) is 0. The van der Waals surface area contributed by atoms with Crippen LogP contribution in [-0.4, -0.2) is 30.4 Å². The second-order valence-corrected chi connectivity index (χ2v) is 4.59. The van der Waals surface area contributed by atoms with Gasteiger partial charge in [-0.1, -0.05) is 0 Å². The van der Waals surface area contributed by atoms with Gasteiger partial charge in [0.25, 0.3) is 0 Å². The van der Waals surface area contributed by atoms with Gasteiger partial charge in [0.1, 0.15) is 11.2 Å². The summed E-state index contributed by atoms with van der Waals surface area (Å²) in [5.41, 5.74) is -0.591. The lowest BCUT2D eigenvalue weighted by Gasteiger charge is -2.20. The molecule has 1 atom stereocenters. The van der Waals surface area contributed by atoms with Crippen LogP contribution in [-0.2, 0) is 9.47 Å². The standard InChI is InChI=1S/C9H17NO3/c1-8(2,3)13-7(11)10-5-9(4)6-12-9/h5-6H2,1-4H3,(H,10,11). The summed E-state index contributed by atoms with van der Waals surface area (Å²) in [6, 6.07) is 0. The molecule has 0 bridgehead atoms. The van der Waals surface area contributed by atoms with Crippen molar-refractivity contribution >= 4 is 6.09 Å². The molecule has 0 radical (unpaired) electrons. The van der Waals surface area contributed by atoms with E-state index in [9.17, 15) is 4.79 Å². The van der Waals surface area contributed by atoms with Gasteiger partial charge in [0.15, 0.2) is 0 Å². The molecule has 1 aliphatic heterocycles. The van der Waals surface area contributed by atoms with Gasteiger partial charge >= 0.3 is 6.09 Å². The quantitative estimate of drug-likeness (QED) is 0.663. The fourth-order valence-corrected chi connectivity index (χ4v) is 0.799. The average molecular weight is 187 g/mol. The Hall–Kier alpha value is -0.770. The van der Waals surface area contributed by atoms with Crippen LogP contribution in [0, 0.1) is 0 Å². The van der Waals surface area contributed by atoms with Crippen molar-refractivity contribution in [3.8, 4) is 0 Å². The van der Waals surface area contributed by atoms with E-state index < -0.39 is 5.60 Å². The topological polar surface area (TPSA) is 50.9 Å². The third kappa shape index (κ3) is 4.12. The van der Waals surface area contributed by atoms with E-state index in [0.29, 0.717) is 13.2 Å². The summed E-state index contributed by atoms with van der Waals surface area (Å²) in [6.07, 6.45) is -0.385. The molecule has 1 amide bonds. The maximum Gasteiger partial charge on any atom is 0.407 e. The first-order valence-electron chi connectivity index (χ1n) is 4.42. The Bertz CT molecular complexity index is 203. The van der Waals surface area contributed by atoms with E-state index in [-0.39, 0.29) is 11.7 Å². The van der Waals surface area contributed by atoms with Gasteiger partial charge in [-0.25, -0.2) is 4.79 Å². The number of amides is 1. The van der Waals surface area contributed by atoms with Gasteiger partial charge in [-0.2, -0.15) is 0 Å². The Morgan fingerprint density at radius 3 is 2.54 bits per heavy atom. The van der Waals surface area contributed by atoms with Crippen LogP contribution in [0.2, 0.25) is 0 Å².